The van der Waals surface area contributed by atoms with Gasteiger partial charge in [-0.3, -0.25) is 0 Å². The first-order valence-electron chi connectivity index (χ1n) is 6.91. The molecule has 0 aliphatic carbocycles. The Bertz CT molecular complexity index is 465. The molecule has 1 aromatic heterocycles. The number of unbranched alkanes of at least 4 members (excludes halogenated alkanes) is 1. The van der Waals surface area contributed by atoms with Gasteiger partial charge in [-0.15, -0.1) is 11.3 Å². The average Bonchev–Trinajstić information content (AvgIpc) is 3.06. The summed E-state index contributed by atoms with van der Waals surface area (Å²) in [7, 11) is -3.31. The van der Waals surface area contributed by atoms with Crippen molar-refractivity contribution < 1.29 is 8.42 Å². The highest BCUT2D eigenvalue weighted by Crippen LogP contribution is 2.22. The zero-order valence-electron chi connectivity index (χ0n) is 11.3. The molecule has 0 spiro atoms. The summed E-state index contributed by atoms with van der Waals surface area (Å²) >= 11 is 1.30. The number of thiophene rings is 1. The molecule has 0 amide bonds. The minimum Gasteiger partial charge on any atom is -0.313 e. The van der Waals surface area contributed by atoms with Crippen molar-refractivity contribution in [3.63, 3.8) is 0 Å². The molecule has 1 N–H and O–H groups in total. The molecule has 0 saturated carbocycles. The van der Waals surface area contributed by atoms with Gasteiger partial charge >= 0.3 is 0 Å². The molecule has 6 heteroatoms. The van der Waals surface area contributed by atoms with Gasteiger partial charge in [-0.25, -0.2) is 8.42 Å². The molecule has 1 aromatic rings. The fourth-order valence-corrected chi connectivity index (χ4v) is 5.01. The van der Waals surface area contributed by atoms with Crippen LogP contribution in [0.5, 0.6) is 0 Å². The summed E-state index contributed by atoms with van der Waals surface area (Å²) in [5, 5.41) is 5.20. The van der Waals surface area contributed by atoms with Gasteiger partial charge in [-0.2, -0.15) is 4.31 Å². The van der Waals surface area contributed by atoms with E-state index < -0.39 is 10.0 Å². The molecule has 1 atom stereocenters. The molecule has 1 aliphatic heterocycles. The average molecular weight is 302 g/mol. The zero-order valence-corrected chi connectivity index (χ0v) is 13.0. The molecule has 2 heterocycles. The Hall–Kier alpha value is -0.430. The Balaban J connectivity index is 2.11. The van der Waals surface area contributed by atoms with E-state index in [1.165, 1.54) is 11.3 Å². The van der Waals surface area contributed by atoms with E-state index in [4.69, 9.17) is 0 Å². The summed E-state index contributed by atoms with van der Waals surface area (Å²) in [5.74, 6) is 0. The van der Waals surface area contributed by atoms with Crippen molar-refractivity contribution in [2.75, 3.05) is 19.6 Å². The van der Waals surface area contributed by atoms with E-state index in [0.29, 0.717) is 23.3 Å². The minimum atomic E-state index is -3.31. The van der Waals surface area contributed by atoms with Gasteiger partial charge in [-0.1, -0.05) is 19.4 Å². The highest BCUT2D eigenvalue weighted by Gasteiger charge is 2.28. The Morgan fingerprint density at radius 2 is 2.37 bits per heavy atom. The van der Waals surface area contributed by atoms with Crippen LogP contribution in [0.25, 0.3) is 0 Å². The monoisotopic (exact) mass is 302 g/mol. The van der Waals surface area contributed by atoms with Crippen LogP contribution in [0.4, 0.5) is 0 Å². The molecule has 19 heavy (non-hydrogen) atoms. The molecule has 0 radical (unpaired) electrons. The van der Waals surface area contributed by atoms with Crippen molar-refractivity contribution in [2.45, 2.75) is 42.9 Å². The summed E-state index contributed by atoms with van der Waals surface area (Å²) in [6.07, 6.45) is 4.14. The second-order valence-electron chi connectivity index (χ2n) is 4.94. The topological polar surface area (TPSA) is 49.4 Å². The van der Waals surface area contributed by atoms with Crippen LogP contribution in [0, 0.1) is 0 Å². The third kappa shape index (κ3) is 3.78. The number of rotatable bonds is 7. The van der Waals surface area contributed by atoms with E-state index in [-0.39, 0.29) is 0 Å². The maximum absolute atomic E-state index is 12.6. The summed E-state index contributed by atoms with van der Waals surface area (Å²) in [5.41, 5.74) is 0. The van der Waals surface area contributed by atoms with Crippen LogP contribution >= 0.6 is 11.3 Å². The number of nitrogens with one attached hydrogen (secondary N) is 1. The first kappa shape index (κ1) is 15.0. The summed E-state index contributed by atoms with van der Waals surface area (Å²) in [6.45, 7) is 4.31. The van der Waals surface area contributed by atoms with Crippen LogP contribution in [-0.4, -0.2) is 38.4 Å². The second kappa shape index (κ2) is 6.83. The van der Waals surface area contributed by atoms with Crippen LogP contribution in [0.1, 0.15) is 32.6 Å². The number of hydrogen-bond acceptors (Lipinski definition) is 4. The standard InChI is InChI=1S/C13H22N2O2S2/c1-2-3-9-15(11-12-6-4-8-14-12)19(16,17)13-7-5-10-18-13/h5,7,10,12,14H,2-4,6,8-9,11H2,1H3. The molecule has 1 unspecified atom stereocenters. The lowest BCUT2D eigenvalue weighted by atomic mass is 10.2. The van der Waals surface area contributed by atoms with Gasteiger partial charge in [0.05, 0.1) is 0 Å². The molecule has 4 nitrogen and oxygen atoms in total. The molecule has 1 saturated heterocycles. The van der Waals surface area contributed by atoms with Gasteiger partial charge in [0.1, 0.15) is 4.21 Å². The normalized spacial score (nSPS) is 20.2. The van der Waals surface area contributed by atoms with Crippen LogP contribution in [-0.2, 0) is 10.0 Å². The fraction of sp³-hybridized carbons (Fsp3) is 0.692. The summed E-state index contributed by atoms with van der Waals surface area (Å²) in [4.78, 5) is 0. The second-order valence-corrected chi connectivity index (χ2v) is 8.05. The molecule has 0 aromatic carbocycles. The van der Waals surface area contributed by atoms with Crippen molar-refractivity contribution in [3.8, 4) is 0 Å². The lowest BCUT2D eigenvalue weighted by Gasteiger charge is -2.24. The predicted molar refractivity (Wildman–Crippen MR) is 79.0 cm³/mol. The largest absolute Gasteiger partial charge is 0.313 e. The van der Waals surface area contributed by atoms with Gasteiger partial charge in [0.15, 0.2) is 0 Å². The highest BCUT2D eigenvalue weighted by molar-refractivity contribution is 7.91. The number of nitrogens with zero attached hydrogens (tertiary/aromatic N) is 1. The third-order valence-electron chi connectivity index (χ3n) is 3.44. The number of sulfonamides is 1. The molecule has 108 valence electrons. The van der Waals surface area contributed by atoms with E-state index in [9.17, 15) is 8.42 Å². The Kier molecular flexibility index (Phi) is 5.38. The Labute approximate surface area is 119 Å². The SMILES string of the molecule is CCCCN(CC1CCCN1)S(=O)(=O)c1cccs1. The Morgan fingerprint density at radius 3 is 2.95 bits per heavy atom. The van der Waals surface area contributed by atoms with Crippen molar-refractivity contribution in [3.05, 3.63) is 17.5 Å². The number of hydrogen-bond donors (Lipinski definition) is 1. The lowest BCUT2D eigenvalue weighted by Crippen LogP contribution is -2.41. The molecule has 1 fully saturated rings. The maximum Gasteiger partial charge on any atom is 0.252 e. The zero-order chi connectivity index (χ0) is 13.7. The molecule has 1 aliphatic rings. The highest BCUT2D eigenvalue weighted by atomic mass is 32.2. The van der Waals surface area contributed by atoms with Crippen molar-refractivity contribution in [1.82, 2.24) is 9.62 Å². The van der Waals surface area contributed by atoms with Crippen LogP contribution in [0.3, 0.4) is 0 Å². The molecular formula is C13H22N2O2S2. The fourth-order valence-electron chi connectivity index (χ4n) is 2.34. The van der Waals surface area contributed by atoms with Crippen molar-refractivity contribution in [2.24, 2.45) is 0 Å². The summed E-state index contributed by atoms with van der Waals surface area (Å²) < 4.78 is 27.3. The van der Waals surface area contributed by atoms with E-state index in [1.807, 2.05) is 5.38 Å². The first-order valence-corrected chi connectivity index (χ1v) is 9.23. The smallest absolute Gasteiger partial charge is 0.252 e. The van der Waals surface area contributed by atoms with Crippen LogP contribution < -0.4 is 5.32 Å². The van der Waals surface area contributed by atoms with Crippen LogP contribution in [0.2, 0.25) is 0 Å². The molecule has 2 rings (SSSR count). The van der Waals surface area contributed by atoms with Gasteiger partial charge in [-0.05, 0) is 37.3 Å². The quantitative estimate of drug-likeness (QED) is 0.841. The van der Waals surface area contributed by atoms with Gasteiger partial charge < -0.3 is 5.32 Å². The van der Waals surface area contributed by atoms with Crippen LogP contribution in [0.15, 0.2) is 21.7 Å². The molecular weight excluding hydrogens is 280 g/mol. The third-order valence-corrected chi connectivity index (χ3v) is 6.67. The summed E-state index contributed by atoms with van der Waals surface area (Å²) in [6, 6.07) is 3.80. The van der Waals surface area contributed by atoms with Gasteiger partial charge in [0, 0.05) is 19.1 Å². The predicted octanol–water partition coefficient (Wildman–Crippen LogP) is 2.29. The van der Waals surface area contributed by atoms with Gasteiger partial charge in [0.25, 0.3) is 10.0 Å². The van der Waals surface area contributed by atoms with Gasteiger partial charge in [0.2, 0.25) is 0 Å². The Morgan fingerprint density at radius 1 is 1.53 bits per heavy atom. The van der Waals surface area contributed by atoms with E-state index in [2.05, 4.69) is 12.2 Å². The van der Waals surface area contributed by atoms with E-state index in [1.54, 1.807) is 16.4 Å². The lowest BCUT2D eigenvalue weighted by molar-refractivity contribution is 0.365. The van der Waals surface area contributed by atoms with E-state index >= 15 is 0 Å². The van der Waals surface area contributed by atoms with Crippen molar-refractivity contribution in [1.29, 1.82) is 0 Å². The molecule has 0 bridgehead atoms. The van der Waals surface area contributed by atoms with E-state index in [0.717, 1.165) is 32.2 Å². The maximum atomic E-state index is 12.6. The minimum absolute atomic E-state index is 0.312. The van der Waals surface area contributed by atoms with Crippen molar-refractivity contribution >= 4 is 21.4 Å². The first-order chi connectivity index (χ1) is 9.14.